The van der Waals surface area contributed by atoms with Gasteiger partial charge >= 0.3 is 0 Å². The van der Waals surface area contributed by atoms with Crippen molar-refractivity contribution >= 4 is 11.7 Å². The Morgan fingerprint density at radius 3 is 2.53 bits per heavy atom. The molecule has 3 heterocycles. The second kappa shape index (κ2) is 7.40. The monoisotopic (exact) mass is 404 g/mol. The van der Waals surface area contributed by atoms with E-state index in [1.54, 1.807) is 4.68 Å². The predicted molar refractivity (Wildman–Crippen MR) is 113 cm³/mol. The molecule has 0 atom stereocenters. The van der Waals surface area contributed by atoms with E-state index in [9.17, 15) is 4.79 Å². The molecule has 0 spiro atoms. The number of anilines is 1. The Hall–Kier alpha value is -3.48. The molecule has 3 aromatic rings. The number of aromatic nitrogens is 2. The zero-order valence-electron chi connectivity index (χ0n) is 16.9. The van der Waals surface area contributed by atoms with Crippen LogP contribution in [-0.4, -0.2) is 40.3 Å². The van der Waals surface area contributed by atoms with Crippen LogP contribution in [-0.2, 0) is 19.5 Å². The van der Waals surface area contributed by atoms with E-state index in [4.69, 9.17) is 15.2 Å². The summed E-state index contributed by atoms with van der Waals surface area (Å²) in [7, 11) is 0. The van der Waals surface area contributed by atoms with Crippen LogP contribution in [0.3, 0.4) is 0 Å². The van der Waals surface area contributed by atoms with E-state index in [2.05, 4.69) is 5.10 Å². The number of aryl methyl sites for hydroxylation is 1. The van der Waals surface area contributed by atoms with E-state index in [1.165, 1.54) is 5.56 Å². The molecule has 1 aromatic heterocycles. The van der Waals surface area contributed by atoms with Crippen LogP contribution in [0, 0.1) is 6.92 Å². The Bertz CT molecular complexity index is 1110. The number of nitrogens with two attached hydrogens (primary N) is 1. The molecule has 0 saturated carbocycles. The van der Waals surface area contributed by atoms with Crippen molar-refractivity contribution in [3.63, 3.8) is 0 Å². The van der Waals surface area contributed by atoms with Crippen LogP contribution in [0.15, 0.2) is 42.5 Å². The number of hydrogen-bond donors (Lipinski definition) is 1. The number of fused-ring (bicyclic) bond motifs is 2. The Morgan fingerprint density at radius 1 is 1.10 bits per heavy atom. The average molecular weight is 404 g/mol. The number of benzene rings is 2. The van der Waals surface area contributed by atoms with Crippen LogP contribution in [0.5, 0.6) is 11.5 Å². The van der Waals surface area contributed by atoms with Gasteiger partial charge in [-0.3, -0.25) is 4.79 Å². The molecule has 5 rings (SSSR count). The summed E-state index contributed by atoms with van der Waals surface area (Å²) in [5, 5.41) is 4.53. The van der Waals surface area contributed by atoms with Crippen molar-refractivity contribution in [1.29, 1.82) is 0 Å². The molecule has 2 aliphatic heterocycles. The summed E-state index contributed by atoms with van der Waals surface area (Å²) < 4.78 is 13.1. The summed E-state index contributed by atoms with van der Waals surface area (Å²) in [6, 6.07) is 14.0. The summed E-state index contributed by atoms with van der Waals surface area (Å²) in [6.07, 6.45) is 0.773. The van der Waals surface area contributed by atoms with Gasteiger partial charge in [-0.25, -0.2) is 4.68 Å². The highest BCUT2D eigenvalue weighted by molar-refractivity contribution is 5.99. The third-order valence-electron chi connectivity index (χ3n) is 5.72. The third-order valence-corrected chi connectivity index (χ3v) is 5.72. The van der Waals surface area contributed by atoms with Crippen molar-refractivity contribution in [3.05, 3.63) is 70.4 Å². The number of rotatable bonds is 3. The molecule has 0 fully saturated rings. The lowest BCUT2D eigenvalue weighted by atomic mass is 9.98. The fourth-order valence-electron chi connectivity index (χ4n) is 4.16. The summed E-state index contributed by atoms with van der Waals surface area (Å²) >= 11 is 0. The van der Waals surface area contributed by atoms with Gasteiger partial charge in [0.1, 0.15) is 24.6 Å². The second-order valence-electron chi connectivity index (χ2n) is 7.73. The van der Waals surface area contributed by atoms with Crippen LogP contribution in [0.25, 0.3) is 0 Å². The largest absolute Gasteiger partial charge is 0.486 e. The molecule has 2 aliphatic rings. The summed E-state index contributed by atoms with van der Waals surface area (Å²) in [6.45, 7) is 4.64. The van der Waals surface area contributed by atoms with Crippen molar-refractivity contribution in [1.82, 2.24) is 14.7 Å². The number of amides is 1. The molecular formula is C23H24N4O3. The highest BCUT2D eigenvalue weighted by Gasteiger charge is 2.28. The fraction of sp³-hybridized carbons (Fsp3) is 0.304. The van der Waals surface area contributed by atoms with E-state index in [-0.39, 0.29) is 5.91 Å². The first-order valence-corrected chi connectivity index (χ1v) is 10.2. The highest BCUT2D eigenvalue weighted by Crippen LogP contribution is 2.36. The van der Waals surface area contributed by atoms with Crippen molar-refractivity contribution in [2.45, 2.75) is 26.4 Å². The highest BCUT2D eigenvalue weighted by atomic mass is 16.6. The fourth-order valence-corrected chi connectivity index (χ4v) is 4.16. The maximum atomic E-state index is 13.3. The molecule has 0 radical (unpaired) electrons. The minimum Gasteiger partial charge on any atom is -0.486 e. The lowest BCUT2D eigenvalue weighted by molar-refractivity contribution is 0.0734. The Labute approximate surface area is 175 Å². The SMILES string of the molecule is Cc1nn(Cc2ccccc2)c(N)c1C(=O)N1CCc2cc3c(cc2C1)OCCO3. The van der Waals surface area contributed by atoms with Gasteiger partial charge in [-0.15, -0.1) is 0 Å². The van der Waals surface area contributed by atoms with Gasteiger partial charge in [-0.05, 0) is 42.2 Å². The maximum Gasteiger partial charge on any atom is 0.259 e. The first kappa shape index (κ1) is 18.5. The smallest absolute Gasteiger partial charge is 0.259 e. The van der Waals surface area contributed by atoms with Gasteiger partial charge in [0.15, 0.2) is 11.5 Å². The van der Waals surface area contributed by atoms with Crippen molar-refractivity contribution in [2.75, 3.05) is 25.5 Å². The van der Waals surface area contributed by atoms with E-state index in [0.717, 1.165) is 29.0 Å². The number of hydrogen-bond acceptors (Lipinski definition) is 5. The molecule has 1 amide bonds. The van der Waals surface area contributed by atoms with E-state index >= 15 is 0 Å². The number of carbonyl (C=O) groups excluding carboxylic acids is 1. The van der Waals surface area contributed by atoms with Crippen molar-refractivity contribution in [3.8, 4) is 11.5 Å². The second-order valence-corrected chi connectivity index (χ2v) is 7.73. The number of nitrogen functional groups attached to an aromatic ring is 1. The molecule has 2 aromatic carbocycles. The van der Waals surface area contributed by atoms with Gasteiger partial charge in [0.05, 0.1) is 12.2 Å². The molecule has 0 saturated heterocycles. The number of ether oxygens (including phenoxy) is 2. The van der Waals surface area contributed by atoms with Gasteiger partial charge in [0.25, 0.3) is 5.91 Å². The Kier molecular flexibility index (Phi) is 4.58. The first-order chi connectivity index (χ1) is 14.6. The molecule has 0 unspecified atom stereocenters. The van der Waals surface area contributed by atoms with E-state index in [0.29, 0.717) is 49.9 Å². The van der Waals surface area contributed by atoms with Crippen molar-refractivity contribution < 1.29 is 14.3 Å². The quantitative estimate of drug-likeness (QED) is 0.726. The van der Waals surface area contributed by atoms with E-state index < -0.39 is 0 Å². The normalized spacial score (nSPS) is 15.0. The maximum absolute atomic E-state index is 13.3. The van der Waals surface area contributed by atoms with Crippen LogP contribution in [0.4, 0.5) is 5.82 Å². The Balaban J connectivity index is 1.39. The van der Waals surface area contributed by atoms with Gasteiger partial charge < -0.3 is 20.1 Å². The minimum atomic E-state index is -0.0788. The molecular weight excluding hydrogens is 380 g/mol. The predicted octanol–water partition coefficient (Wildman–Crippen LogP) is 2.79. The van der Waals surface area contributed by atoms with Crippen LogP contribution >= 0.6 is 0 Å². The Morgan fingerprint density at radius 2 is 1.80 bits per heavy atom. The molecule has 7 heteroatoms. The topological polar surface area (TPSA) is 82.6 Å². The van der Waals surface area contributed by atoms with E-state index in [1.807, 2.05) is 54.3 Å². The molecule has 0 bridgehead atoms. The molecule has 7 nitrogen and oxygen atoms in total. The first-order valence-electron chi connectivity index (χ1n) is 10.2. The average Bonchev–Trinajstić information content (AvgIpc) is 3.04. The van der Waals surface area contributed by atoms with Crippen LogP contribution in [0.2, 0.25) is 0 Å². The summed E-state index contributed by atoms with van der Waals surface area (Å²) in [4.78, 5) is 15.2. The summed E-state index contributed by atoms with van der Waals surface area (Å²) in [5.74, 6) is 1.88. The van der Waals surface area contributed by atoms with Crippen LogP contribution < -0.4 is 15.2 Å². The van der Waals surface area contributed by atoms with Crippen LogP contribution in [0.1, 0.15) is 32.7 Å². The van der Waals surface area contributed by atoms with Gasteiger partial charge in [0, 0.05) is 13.1 Å². The molecule has 154 valence electrons. The lowest BCUT2D eigenvalue weighted by Gasteiger charge is -2.30. The minimum absolute atomic E-state index is 0.0788. The standard InChI is InChI=1S/C23H24N4O3/c1-15-21(22(24)27(25-15)13-16-5-3-2-4-6-16)23(28)26-8-7-17-11-19-20(12-18(17)14-26)30-10-9-29-19/h2-6,11-12H,7-10,13-14,24H2,1H3. The zero-order chi connectivity index (χ0) is 20.7. The zero-order valence-corrected chi connectivity index (χ0v) is 16.9. The third kappa shape index (κ3) is 3.26. The molecule has 2 N–H and O–H groups in total. The lowest BCUT2D eigenvalue weighted by Crippen LogP contribution is -2.36. The van der Waals surface area contributed by atoms with Gasteiger partial charge in [-0.1, -0.05) is 30.3 Å². The van der Waals surface area contributed by atoms with Crippen molar-refractivity contribution in [2.24, 2.45) is 0 Å². The molecule has 30 heavy (non-hydrogen) atoms. The van der Waals surface area contributed by atoms with Gasteiger partial charge in [-0.2, -0.15) is 5.10 Å². The molecule has 0 aliphatic carbocycles. The van der Waals surface area contributed by atoms with Gasteiger partial charge in [0.2, 0.25) is 0 Å². The summed E-state index contributed by atoms with van der Waals surface area (Å²) in [5.41, 5.74) is 10.9. The number of carbonyl (C=O) groups is 1. The number of nitrogens with zero attached hydrogens (tertiary/aromatic N) is 3.